The molecule has 37 heavy (non-hydrogen) atoms. The predicted molar refractivity (Wildman–Crippen MR) is 134 cm³/mol. The number of nitrogens with zero attached hydrogens (tertiary/aromatic N) is 5. The van der Waals surface area contributed by atoms with Crippen LogP contribution in [0.5, 0.6) is 5.88 Å². The van der Waals surface area contributed by atoms with E-state index >= 15 is 0 Å². The van der Waals surface area contributed by atoms with Crippen LogP contribution in [0.2, 0.25) is 0 Å². The number of pyridine rings is 1. The minimum Gasteiger partial charge on any atom is -0.480 e. The summed E-state index contributed by atoms with van der Waals surface area (Å²) < 4.78 is 66.1. The summed E-state index contributed by atoms with van der Waals surface area (Å²) in [7, 11) is -1.38. The molecule has 1 fully saturated rings. The molecule has 0 radical (unpaired) electrons. The van der Waals surface area contributed by atoms with E-state index in [9.17, 15) is 17.2 Å². The van der Waals surface area contributed by atoms with Gasteiger partial charge in [0, 0.05) is 38.0 Å². The zero-order valence-corrected chi connectivity index (χ0v) is 21.4. The molecule has 0 bridgehead atoms. The lowest BCUT2D eigenvalue weighted by molar-refractivity contribution is 0.0818. The SMILES string of the molecule is COc1ncc(-c2nc3c(N4CCC(OC)CC4)ncnc3s2)cc1NS(=O)(=O)c1ccc(F)cc1F. The molecule has 0 unspecified atom stereocenters. The number of aromatic nitrogens is 4. The van der Waals surface area contributed by atoms with Crippen LogP contribution in [0.25, 0.3) is 20.9 Å². The van der Waals surface area contributed by atoms with Crippen LogP contribution in [0, 0.1) is 11.6 Å². The van der Waals surface area contributed by atoms with Crippen LogP contribution >= 0.6 is 11.3 Å². The Bertz CT molecular complexity index is 1560. The number of nitrogens with one attached hydrogen (secondary N) is 1. The lowest BCUT2D eigenvalue weighted by Gasteiger charge is -2.31. The van der Waals surface area contributed by atoms with Crippen molar-refractivity contribution in [3.63, 3.8) is 0 Å². The second kappa shape index (κ2) is 10.1. The van der Waals surface area contributed by atoms with Gasteiger partial charge in [-0.3, -0.25) is 4.72 Å². The van der Waals surface area contributed by atoms with Gasteiger partial charge in [0.15, 0.2) is 5.82 Å². The normalized spacial score (nSPS) is 14.8. The summed E-state index contributed by atoms with van der Waals surface area (Å²) in [5, 5.41) is 0.534. The fraction of sp³-hybridized carbons (Fsp3) is 0.304. The first-order valence-electron chi connectivity index (χ1n) is 11.2. The maximum atomic E-state index is 14.2. The van der Waals surface area contributed by atoms with Gasteiger partial charge in [0.1, 0.15) is 43.9 Å². The molecule has 4 aromatic rings. The molecule has 1 aliphatic heterocycles. The second-order valence-electron chi connectivity index (χ2n) is 8.25. The molecule has 194 valence electrons. The van der Waals surface area contributed by atoms with Crippen LogP contribution in [0.3, 0.4) is 0 Å². The number of hydrogen-bond donors (Lipinski definition) is 1. The van der Waals surface area contributed by atoms with Crippen molar-refractivity contribution in [3.05, 3.63) is 48.4 Å². The van der Waals surface area contributed by atoms with Crippen molar-refractivity contribution in [2.45, 2.75) is 23.8 Å². The number of methoxy groups -OCH3 is 2. The van der Waals surface area contributed by atoms with Crippen molar-refractivity contribution in [2.24, 2.45) is 0 Å². The highest BCUT2D eigenvalue weighted by molar-refractivity contribution is 7.92. The third-order valence-corrected chi connectivity index (χ3v) is 8.38. The fourth-order valence-corrected chi connectivity index (χ4v) is 6.09. The Kier molecular flexibility index (Phi) is 6.88. The van der Waals surface area contributed by atoms with E-state index in [-0.39, 0.29) is 17.7 Å². The van der Waals surface area contributed by atoms with Gasteiger partial charge in [0.2, 0.25) is 5.88 Å². The first-order chi connectivity index (χ1) is 17.8. The van der Waals surface area contributed by atoms with Crippen molar-refractivity contribution >= 4 is 43.2 Å². The molecule has 3 aromatic heterocycles. The van der Waals surface area contributed by atoms with E-state index < -0.39 is 26.6 Å². The summed E-state index contributed by atoms with van der Waals surface area (Å²) in [6.45, 7) is 1.54. The van der Waals surface area contributed by atoms with Crippen molar-refractivity contribution < 1.29 is 26.7 Å². The fourth-order valence-electron chi connectivity index (χ4n) is 4.10. The van der Waals surface area contributed by atoms with Gasteiger partial charge < -0.3 is 14.4 Å². The summed E-state index contributed by atoms with van der Waals surface area (Å²) >= 11 is 1.30. The number of halogens is 2. The highest BCUT2D eigenvalue weighted by Gasteiger charge is 2.25. The zero-order valence-electron chi connectivity index (χ0n) is 19.8. The molecular weight excluding hydrogens is 526 g/mol. The molecule has 1 aliphatic rings. The van der Waals surface area contributed by atoms with Crippen LogP contribution in [0.4, 0.5) is 20.3 Å². The monoisotopic (exact) mass is 548 g/mol. The van der Waals surface area contributed by atoms with Gasteiger partial charge in [-0.25, -0.2) is 37.1 Å². The van der Waals surface area contributed by atoms with Crippen molar-refractivity contribution in [1.82, 2.24) is 19.9 Å². The van der Waals surface area contributed by atoms with E-state index in [1.807, 2.05) is 0 Å². The van der Waals surface area contributed by atoms with Gasteiger partial charge in [-0.1, -0.05) is 11.3 Å². The van der Waals surface area contributed by atoms with E-state index in [0.29, 0.717) is 27.0 Å². The molecular formula is C23H22F2N6O4S2. The van der Waals surface area contributed by atoms with Gasteiger partial charge in [-0.2, -0.15) is 0 Å². The van der Waals surface area contributed by atoms with Gasteiger partial charge in [0.25, 0.3) is 10.0 Å². The molecule has 1 saturated heterocycles. The molecule has 5 rings (SSSR count). The number of benzene rings is 1. The average molecular weight is 549 g/mol. The molecule has 1 N–H and O–H groups in total. The maximum Gasteiger partial charge on any atom is 0.264 e. The molecule has 0 atom stereocenters. The van der Waals surface area contributed by atoms with Crippen molar-refractivity contribution in [3.8, 4) is 16.5 Å². The smallest absolute Gasteiger partial charge is 0.264 e. The Morgan fingerprint density at radius 1 is 1.11 bits per heavy atom. The molecule has 14 heteroatoms. The first kappa shape index (κ1) is 25.2. The molecule has 4 heterocycles. The van der Waals surface area contributed by atoms with Crippen LogP contribution in [-0.2, 0) is 14.8 Å². The summed E-state index contributed by atoms with van der Waals surface area (Å²) in [4.78, 5) is 19.8. The number of sulfonamides is 1. The van der Waals surface area contributed by atoms with E-state index in [1.165, 1.54) is 37.0 Å². The third-order valence-electron chi connectivity index (χ3n) is 5.97. The molecule has 10 nitrogen and oxygen atoms in total. The molecule has 0 saturated carbocycles. The van der Waals surface area contributed by atoms with Gasteiger partial charge in [-0.05, 0) is 31.0 Å². The van der Waals surface area contributed by atoms with Crippen LogP contribution < -0.4 is 14.4 Å². The largest absolute Gasteiger partial charge is 0.480 e. The lowest BCUT2D eigenvalue weighted by Crippen LogP contribution is -2.37. The van der Waals surface area contributed by atoms with Crippen molar-refractivity contribution in [2.75, 3.05) is 36.9 Å². The Hall–Kier alpha value is -3.49. The van der Waals surface area contributed by atoms with E-state index in [0.717, 1.165) is 43.9 Å². The molecule has 0 aliphatic carbocycles. The standard InChI is InChI=1S/C23H22F2N6O4S2/c1-34-15-5-7-31(8-6-15)20-19-23(28-12-27-20)36-22(29-19)13-9-17(21(35-2)26-11-13)30-37(32,33)18-4-3-14(24)10-16(18)25/h3-4,9-12,15,30H,5-8H2,1-2H3. The van der Waals surface area contributed by atoms with E-state index in [2.05, 4.69) is 24.6 Å². The van der Waals surface area contributed by atoms with E-state index in [1.54, 1.807) is 7.11 Å². The Morgan fingerprint density at radius 2 is 1.89 bits per heavy atom. The highest BCUT2D eigenvalue weighted by Crippen LogP contribution is 2.36. The summed E-state index contributed by atoms with van der Waals surface area (Å²) in [6, 6.07) is 3.69. The first-order valence-corrected chi connectivity index (χ1v) is 13.5. The van der Waals surface area contributed by atoms with Crippen LogP contribution in [0.1, 0.15) is 12.8 Å². The minimum atomic E-state index is -4.41. The number of anilines is 2. The Morgan fingerprint density at radius 3 is 2.59 bits per heavy atom. The number of hydrogen-bond acceptors (Lipinski definition) is 10. The Balaban J connectivity index is 1.49. The zero-order chi connectivity index (χ0) is 26.2. The van der Waals surface area contributed by atoms with Crippen LogP contribution in [0.15, 0.2) is 41.7 Å². The maximum absolute atomic E-state index is 14.2. The quantitative estimate of drug-likeness (QED) is 0.367. The average Bonchev–Trinajstić information content (AvgIpc) is 3.33. The number of rotatable bonds is 7. The van der Waals surface area contributed by atoms with Gasteiger partial charge in [0.05, 0.1) is 13.2 Å². The topological polar surface area (TPSA) is 119 Å². The number of ether oxygens (including phenoxy) is 2. The molecule has 1 aromatic carbocycles. The number of piperidine rings is 1. The Labute approximate surface area is 215 Å². The highest BCUT2D eigenvalue weighted by atomic mass is 32.2. The molecule has 0 amide bonds. The lowest BCUT2D eigenvalue weighted by atomic mass is 10.1. The third kappa shape index (κ3) is 5.04. The minimum absolute atomic E-state index is 0.0301. The predicted octanol–water partition coefficient (Wildman–Crippen LogP) is 3.85. The number of thiazole rings is 1. The van der Waals surface area contributed by atoms with Gasteiger partial charge in [-0.15, -0.1) is 0 Å². The number of fused-ring (bicyclic) bond motifs is 1. The van der Waals surface area contributed by atoms with Crippen LogP contribution in [-0.4, -0.2) is 61.8 Å². The molecule has 0 spiro atoms. The second-order valence-corrected chi connectivity index (χ2v) is 10.9. The van der Waals surface area contributed by atoms with Crippen molar-refractivity contribution in [1.29, 1.82) is 0 Å². The summed E-state index contributed by atoms with van der Waals surface area (Å²) in [5.41, 5.74) is 1.09. The summed E-state index contributed by atoms with van der Waals surface area (Å²) in [5.74, 6) is -1.42. The van der Waals surface area contributed by atoms with E-state index in [4.69, 9.17) is 14.5 Å². The van der Waals surface area contributed by atoms with Gasteiger partial charge >= 0.3 is 0 Å². The summed E-state index contributed by atoms with van der Waals surface area (Å²) in [6.07, 6.45) is 4.95.